The lowest BCUT2D eigenvalue weighted by atomic mass is 9.86. The van der Waals surface area contributed by atoms with E-state index in [-0.39, 0.29) is 25.3 Å². The van der Waals surface area contributed by atoms with Crippen LogP contribution in [0.4, 0.5) is 13.2 Å². The maximum Gasteiger partial charge on any atom is 0.404 e. The van der Waals surface area contributed by atoms with E-state index in [0.717, 1.165) is 0 Å². The van der Waals surface area contributed by atoms with Crippen LogP contribution in [0.5, 0.6) is 0 Å². The molecule has 3 heterocycles. The molecule has 9 heteroatoms. The molecule has 1 fully saturated rings. The van der Waals surface area contributed by atoms with Gasteiger partial charge in [-0.2, -0.15) is 18.2 Å². The molecule has 0 aliphatic carbocycles. The summed E-state index contributed by atoms with van der Waals surface area (Å²) >= 11 is 5.71. The number of hydrogen-bond acceptors (Lipinski definition) is 5. The van der Waals surface area contributed by atoms with Crippen LogP contribution in [-0.4, -0.2) is 34.4 Å². The molecule has 0 aromatic carbocycles. The van der Waals surface area contributed by atoms with E-state index in [0.29, 0.717) is 10.7 Å². The van der Waals surface area contributed by atoms with Crippen LogP contribution in [0.25, 0.3) is 11.5 Å². The van der Waals surface area contributed by atoms with Crippen molar-refractivity contribution in [2.45, 2.75) is 18.0 Å². The first kappa shape index (κ1) is 14.3. The summed E-state index contributed by atoms with van der Waals surface area (Å²) in [6.45, 7) is -0.0252. The monoisotopic (exact) mass is 318 g/mol. The summed E-state index contributed by atoms with van der Waals surface area (Å²) in [5.41, 5.74) is -1.83. The number of nitrogens with zero attached hydrogens (tertiary/aromatic N) is 3. The van der Waals surface area contributed by atoms with E-state index in [1.807, 2.05) is 0 Å². The number of alkyl halides is 3. The van der Waals surface area contributed by atoms with Crippen molar-refractivity contribution in [3.05, 3.63) is 29.2 Å². The number of pyridine rings is 1. The van der Waals surface area contributed by atoms with E-state index in [2.05, 4.69) is 20.4 Å². The van der Waals surface area contributed by atoms with Gasteiger partial charge in [0.25, 0.3) is 0 Å². The number of halogens is 4. The maximum atomic E-state index is 13.4. The number of aromatic nitrogens is 3. The summed E-state index contributed by atoms with van der Waals surface area (Å²) in [5, 5.41) is 6.70. The van der Waals surface area contributed by atoms with E-state index >= 15 is 0 Å². The summed E-state index contributed by atoms with van der Waals surface area (Å²) in [7, 11) is 0. The highest BCUT2D eigenvalue weighted by Crippen LogP contribution is 2.44. The Morgan fingerprint density at radius 3 is 2.71 bits per heavy atom. The first-order valence-corrected chi connectivity index (χ1v) is 6.54. The van der Waals surface area contributed by atoms with Gasteiger partial charge in [-0.1, -0.05) is 16.8 Å². The standard InChI is InChI=1S/C12H10ClF3N4O/c13-7-1-2-8(18-5-7)9-19-10(21-20-9)11(12(14,15)16)3-4-17-6-11/h1-2,5,17H,3-4,6H2. The summed E-state index contributed by atoms with van der Waals surface area (Å²) in [6.07, 6.45) is -3.23. The van der Waals surface area contributed by atoms with E-state index in [9.17, 15) is 13.2 Å². The summed E-state index contributed by atoms with van der Waals surface area (Å²) in [6, 6.07) is 3.07. The maximum absolute atomic E-state index is 13.4. The zero-order chi connectivity index (χ0) is 15.1. The predicted molar refractivity (Wildman–Crippen MR) is 67.8 cm³/mol. The largest absolute Gasteiger partial charge is 0.404 e. The van der Waals surface area contributed by atoms with Gasteiger partial charge < -0.3 is 9.84 Å². The second kappa shape index (κ2) is 4.96. The van der Waals surface area contributed by atoms with Gasteiger partial charge in [-0.3, -0.25) is 4.98 Å². The van der Waals surface area contributed by atoms with Gasteiger partial charge in [0.2, 0.25) is 11.7 Å². The van der Waals surface area contributed by atoms with Crippen LogP contribution in [0.15, 0.2) is 22.9 Å². The molecule has 0 bridgehead atoms. The molecule has 1 aliphatic rings. The van der Waals surface area contributed by atoms with Crippen molar-refractivity contribution < 1.29 is 17.7 Å². The van der Waals surface area contributed by atoms with Crippen LogP contribution in [0.2, 0.25) is 5.02 Å². The minimum Gasteiger partial charge on any atom is -0.338 e. The normalized spacial score (nSPS) is 22.7. The molecule has 0 amide bonds. The second-order valence-electron chi connectivity index (χ2n) is 4.79. The van der Waals surface area contributed by atoms with Gasteiger partial charge in [-0.05, 0) is 25.1 Å². The third-order valence-electron chi connectivity index (χ3n) is 3.49. The van der Waals surface area contributed by atoms with Gasteiger partial charge in [-0.15, -0.1) is 0 Å². The van der Waals surface area contributed by atoms with Crippen LogP contribution in [0.3, 0.4) is 0 Å². The molecule has 0 spiro atoms. The lowest BCUT2D eigenvalue weighted by Gasteiger charge is -2.26. The SMILES string of the molecule is FC(F)(F)C1(c2nc(-c3ccc(Cl)cn3)no2)CCNC1. The molecular formula is C12H10ClF3N4O. The Balaban J connectivity index is 1.99. The molecule has 3 rings (SSSR count). The highest BCUT2D eigenvalue weighted by atomic mass is 35.5. The second-order valence-corrected chi connectivity index (χ2v) is 5.23. The molecule has 2 aromatic heterocycles. The molecule has 1 atom stereocenters. The van der Waals surface area contributed by atoms with Gasteiger partial charge in [0.05, 0.1) is 5.02 Å². The van der Waals surface area contributed by atoms with Crippen molar-refractivity contribution in [3.8, 4) is 11.5 Å². The van der Waals surface area contributed by atoms with Crippen molar-refractivity contribution in [1.82, 2.24) is 20.4 Å². The Bertz CT molecular complexity index is 635. The average Bonchev–Trinajstić information content (AvgIpc) is 3.08. The molecule has 1 aliphatic heterocycles. The quantitative estimate of drug-likeness (QED) is 0.922. The molecule has 5 nitrogen and oxygen atoms in total. The van der Waals surface area contributed by atoms with E-state index in [4.69, 9.17) is 16.1 Å². The van der Waals surface area contributed by atoms with Gasteiger partial charge in [0.15, 0.2) is 5.41 Å². The van der Waals surface area contributed by atoms with Crippen molar-refractivity contribution in [2.24, 2.45) is 0 Å². The first-order valence-electron chi connectivity index (χ1n) is 6.16. The Morgan fingerprint density at radius 2 is 2.14 bits per heavy atom. The molecule has 1 N–H and O–H groups in total. The minimum absolute atomic E-state index is 0.0113. The number of hydrogen-bond donors (Lipinski definition) is 1. The minimum atomic E-state index is -4.46. The molecule has 0 saturated carbocycles. The molecule has 112 valence electrons. The Hall–Kier alpha value is -1.67. The molecule has 1 saturated heterocycles. The topological polar surface area (TPSA) is 63.8 Å². The van der Waals surface area contributed by atoms with E-state index in [1.165, 1.54) is 12.3 Å². The number of rotatable bonds is 2. The van der Waals surface area contributed by atoms with Crippen LogP contribution in [0, 0.1) is 0 Å². The molecule has 0 radical (unpaired) electrons. The number of nitrogens with one attached hydrogen (secondary N) is 1. The first-order chi connectivity index (χ1) is 9.92. The van der Waals surface area contributed by atoms with Crippen LogP contribution in [-0.2, 0) is 5.41 Å². The summed E-state index contributed by atoms with van der Waals surface area (Å²) in [5.74, 6) is -0.427. The van der Waals surface area contributed by atoms with E-state index < -0.39 is 17.5 Å². The van der Waals surface area contributed by atoms with Crippen molar-refractivity contribution in [3.63, 3.8) is 0 Å². The smallest absolute Gasteiger partial charge is 0.338 e. The molecule has 2 aromatic rings. The Kier molecular flexibility index (Phi) is 3.37. The lowest BCUT2D eigenvalue weighted by Crippen LogP contribution is -2.44. The van der Waals surface area contributed by atoms with Gasteiger partial charge in [-0.25, -0.2) is 0 Å². The molecular weight excluding hydrogens is 309 g/mol. The lowest BCUT2D eigenvalue weighted by molar-refractivity contribution is -0.191. The average molecular weight is 319 g/mol. The summed E-state index contributed by atoms with van der Waals surface area (Å²) in [4.78, 5) is 7.85. The van der Waals surface area contributed by atoms with Crippen molar-refractivity contribution in [2.75, 3.05) is 13.1 Å². The van der Waals surface area contributed by atoms with Crippen LogP contribution >= 0.6 is 11.6 Å². The highest BCUT2D eigenvalue weighted by molar-refractivity contribution is 6.30. The van der Waals surface area contributed by atoms with Gasteiger partial charge >= 0.3 is 6.18 Å². The Labute approximate surface area is 122 Å². The third-order valence-corrected chi connectivity index (χ3v) is 3.71. The third kappa shape index (κ3) is 2.38. The zero-order valence-corrected chi connectivity index (χ0v) is 11.4. The zero-order valence-electron chi connectivity index (χ0n) is 10.6. The highest BCUT2D eigenvalue weighted by Gasteiger charge is 2.61. The fourth-order valence-corrected chi connectivity index (χ4v) is 2.38. The van der Waals surface area contributed by atoms with E-state index in [1.54, 1.807) is 6.07 Å². The van der Waals surface area contributed by atoms with Crippen LogP contribution < -0.4 is 5.32 Å². The predicted octanol–water partition coefficient (Wildman–Crippen LogP) is 2.58. The van der Waals surface area contributed by atoms with Gasteiger partial charge in [0, 0.05) is 12.7 Å². The van der Waals surface area contributed by atoms with Crippen molar-refractivity contribution in [1.29, 1.82) is 0 Å². The Morgan fingerprint density at radius 1 is 1.33 bits per heavy atom. The molecule has 21 heavy (non-hydrogen) atoms. The van der Waals surface area contributed by atoms with Crippen LogP contribution in [0.1, 0.15) is 12.3 Å². The van der Waals surface area contributed by atoms with Crippen molar-refractivity contribution >= 4 is 11.6 Å². The molecule has 1 unspecified atom stereocenters. The fourth-order valence-electron chi connectivity index (χ4n) is 2.27. The fraction of sp³-hybridized carbons (Fsp3) is 0.417. The van der Waals surface area contributed by atoms with Gasteiger partial charge in [0.1, 0.15) is 5.69 Å². The summed E-state index contributed by atoms with van der Waals surface area (Å²) < 4.78 is 45.0.